The molecule has 1 atom stereocenters. The third-order valence-corrected chi connectivity index (χ3v) is 5.60. The first kappa shape index (κ1) is 14.6. The molecule has 2 aliphatic rings. The number of carbonyl (C=O) groups excluding carboxylic acids is 1. The highest BCUT2D eigenvalue weighted by Gasteiger charge is 2.48. The SMILES string of the molecule is CN1CCC(C(=O)N(CC(F)(F)F)C2CC2)S1(=O)=O. The molecule has 0 spiro atoms. The van der Waals surface area contributed by atoms with Gasteiger partial charge in [-0.25, -0.2) is 12.7 Å². The molecule has 5 nitrogen and oxygen atoms in total. The maximum atomic E-state index is 12.5. The lowest BCUT2D eigenvalue weighted by Gasteiger charge is -2.26. The Labute approximate surface area is 109 Å². The van der Waals surface area contributed by atoms with E-state index in [0.29, 0.717) is 17.7 Å². The largest absolute Gasteiger partial charge is 0.406 e. The first-order valence-electron chi connectivity index (χ1n) is 5.95. The summed E-state index contributed by atoms with van der Waals surface area (Å²) in [5, 5.41) is -1.36. The van der Waals surface area contributed by atoms with Gasteiger partial charge in [-0.3, -0.25) is 4.79 Å². The van der Waals surface area contributed by atoms with Crippen LogP contribution in [0.25, 0.3) is 0 Å². The van der Waals surface area contributed by atoms with E-state index in [9.17, 15) is 26.4 Å². The summed E-state index contributed by atoms with van der Waals surface area (Å²) in [6.45, 7) is -1.20. The van der Waals surface area contributed by atoms with Crippen LogP contribution in [0.1, 0.15) is 19.3 Å². The summed E-state index contributed by atoms with van der Waals surface area (Å²) in [6, 6.07) is -0.463. The molecule has 0 bridgehead atoms. The predicted octanol–water partition coefficient (Wildman–Crippen LogP) is 0.574. The highest BCUT2D eigenvalue weighted by molar-refractivity contribution is 7.90. The summed E-state index contributed by atoms with van der Waals surface area (Å²) in [4.78, 5) is 12.8. The minimum atomic E-state index is -4.51. The van der Waals surface area contributed by atoms with Gasteiger partial charge in [-0.2, -0.15) is 13.2 Å². The average Bonchev–Trinajstić information content (AvgIpc) is 3.03. The normalized spacial score (nSPS) is 27.5. The first-order valence-corrected chi connectivity index (χ1v) is 7.45. The van der Waals surface area contributed by atoms with Crippen molar-refractivity contribution in [2.24, 2.45) is 0 Å². The molecule has 1 aliphatic carbocycles. The molecule has 0 N–H and O–H groups in total. The molecule has 9 heteroatoms. The van der Waals surface area contributed by atoms with E-state index in [0.717, 1.165) is 4.31 Å². The van der Waals surface area contributed by atoms with Crippen molar-refractivity contribution in [3.8, 4) is 0 Å². The maximum absolute atomic E-state index is 12.5. The topological polar surface area (TPSA) is 57.7 Å². The highest BCUT2D eigenvalue weighted by atomic mass is 32.2. The van der Waals surface area contributed by atoms with Crippen molar-refractivity contribution in [1.82, 2.24) is 9.21 Å². The van der Waals surface area contributed by atoms with Crippen LogP contribution in [0.5, 0.6) is 0 Å². The second-order valence-electron chi connectivity index (χ2n) is 4.96. The first-order chi connectivity index (χ1) is 8.63. The number of hydrogen-bond donors (Lipinski definition) is 0. The van der Waals surface area contributed by atoms with Gasteiger partial charge in [0.1, 0.15) is 6.54 Å². The molecule has 0 aromatic carbocycles. The van der Waals surface area contributed by atoms with Gasteiger partial charge in [-0.1, -0.05) is 0 Å². The molecule has 0 aromatic heterocycles. The Kier molecular flexibility index (Phi) is 3.54. The summed E-state index contributed by atoms with van der Waals surface area (Å²) in [6.07, 6.45) is -3.44. The van der Waals surface area contributed by atoms with Crippen LogP contribution >= 0.6 is 0 Å². The number of nitrogens with zero attached hydrogens (tertiary/aromatic N) is 2. The Bertz CT molecular complexity index is 473. The van der Waals surface area contributed by atoms with E-state index < -0.39 is 39.9 Å². The van der Waals surface area contributed by atoms with Crippen molar-refractivity contribution < 1.29 is 26.4 Å². The van der Waals surface area contributed by atoms with Gasteiger partial charge in [-0.15, -0.1) is 0 Å². The fourth-order valence-electron chi connectivity index (χ4n) is 2.19. The van der Waals surface area contributed by atoms with Crippen LogP contribution in [0.3, 0.4) is 0 Å². The molecule has 1 saturated heterocycles. The second-order valence-corrected chi connectivity index (χ2v) is 7.18. The molecule has 110 valence electrons. The van der Waals surface area contributed by atoms with E-state index >= 15 is 0 Å². The summed E-state index contributed by atoms with van der Waals surface area (Å²) in [7, 11) is -2.47. The quantitative estimate of drug-likeness (QED) is 0.766. The van der Waals surface area contributed by atoms with E-state index in [4.69, 9.17) is 0 Å². The van der Waals surface area contributed by atoms with Crippen LogP contribution in [0, 0.1) is 0 Å². The van der Waals surface area contributed by atoms with Gasteiger partial charge in [-0.05, 0) is 19.3 Å². The molecular weight excluding hydrogens is 285 g/mol. The maximum Gasteiger partial charge on any atom is 0.406 e. The lowest BCUT2D eigenvalue weighted by Crippen LogP contribution is -2.47. The second kappa shape index (κ2) is 4.62. The van der Waals surface area contributed by atoms with Gasteiger partial charge in [0.05, 0.1) is 0 Å². The smallest absolute Gasteiger partial charge is 0.329 e. The highest BCUT2D eigenvalue weighted by Crippen LogP contribution is 2.33. The third kappa shape index (κ3) is 3.02. The van der Waals surface area contributed by atoms with E-state index in [1.165, 1.54) is 7.05 Å². The zero-order valence-corrected chi connectivity index (χ0v) is 11.2. The number of alkyl halides is 3. The molecule has 1 unspecified atom stereocenters. The van der Waals surface area contributed by atoms with Crippen molar-refractivity contribution in [2.45, 2.75) is 36.7 Å². The molecule has 1 heterocycles. The molecule has 1 saturated carbocycles. The van der Waals surface area contributed by atoms with Crippen molar-refractivity contribution >= 4 is 15.9 Å². The Morgan fingerprint density at radius 1 is 1.32 bits per heavy atom. The summed E-state index contributed by atoms with van der Waals surface area (Å²) in [5.41, 5.74) is 0. The average molecular weight is 300 g/mol. The molecule has 2 fully saturated rings. The lowest BCUT2D eigenvalue weighted by molar-refractivity contribution is -0.162. The van der Waals surface area contributed by atoms with Crippen molar-refractivity contribution in [2.75, 3.05) is 20.1 Å². The molecule has 0 aromatic rings. The van der Waals surface area contributed by atoms with Crippen molar-refractivity contribution in [1.29, 1.82) is 0 Å². The standard InChI is InChI=1S/C10H15F3N2O3S/c1-14-5-4-8(19(14,17)18)9(16)15(7-2-3-7)6-10(11,12)13/h7-8H,2-6H2,1H3. The fraction of sp³-hybridized carbons (Fsp3) is 0.900. The van der Waals surface area contributed by atoms with Crippen LogP contribution in [0.2, 0.25) is 0 Å². The summed E-state index contributed by atoms with van der Waals surface area (Å²) >= 11 is 0. The van der Waals surface area contributed by atoms with Gasteiger partial charge in [0.15, 0.2) is 5.25 Å². The number of rotatable bonds is 3. The number of halogens is 3. The van der Waals surface area contributed by atoms with Gasteiger partial charge >= 0.3 is 6.18 Å². The van der Waals surface area contributed by atoms with Crippen LogP contribution in [0.4, 0.5) is 13.2 Å². The summed E-state index contributed by atoms with van der Waals surface area (Å²) < 4.78 is 62.1. The van der Waals surface area contributed by atoms with E-state index in [1.807, 2.05) is 0 Å². The van der Waals surface area contributed by atoms with Crippen LogP contribution in [-0.4, -0.2) is 61.1 Å². The lowest BCUT2D eigenvalue weighted by atomic mass is 10.2. The van der Waals surface area contributed by atoms with Gasteiger partial charge in [0.25, 0.3) is 0 Å². The summed E-state index contributed by atoms with van der Waals surface area (Å²) in [5.74, 6) is -0.913. The van der Waals surface area contributed by atoms with Gasteiger partial charge in [0.2, 0.25) is 15.9 Å². The zero-order valence-electron chi connectivity index (χ0n) is 10.4. The molecular formula is C10H15F3N2O3S. The van der Waals surface area contributed by atoms with Crippen LogP contribution in [-0.2, 0) is 14.8 Å². The molecule has 1 amide bonds. The minimum Gasteiger partial charge on any atom is -0.329 e. The van der Waals surface area contributed by atoms with Gasteiger partial charge < -0.3 is 4.90 Å². The Balaban J connectivity index is 2.17. The van der Waals surface area contributed by atoms with E-state index in [-0.39, 0.29) is 13.0 Å². The number of hydrogen-bond acceptors (Lipinski definition) is 3. The van der Waals surface area contributed by atoms with Crippen molar-refractivity contribution in [3.05, 3.63) is 0 Å². The van der Waals surface area contributed by atoms with Crippen molar-refractivity contribution in [3.63, 3.8) is 0 Å². The fourth-order valence-corrected chi connectivity index (χ4v) is 3.78. The molecule has 1 aliphatic heterocycles. The van der Waals surface area contributed by atoms with Gasteiger partial charge in [0, 0.05) is 19.6 Å². The third-order valence-electron chi connectivity index (χ3n) is 3.40. The Morgan fingerprint density at radius 3 is 2.26 bits per heavy atom. The molecule has 2 rings (SSSR count). The molecule has 19 heavy (non-hydrogen) atoms. The minimum absolute atomic E-state index is 0.0543. The number of sulfonamides is 1. The van der Waals surface area contributed by atoms with Crippen LogP contribution < -0.4 is 0 Å². The van der Waals surface area contributed by atoms with E-state index in [1.54, 1.807) is 0 Å². The van der Waals surface area contributed by atoms with Crippen LogP contribution in [0.15, 0.2) is 0 Å². The predicted molar refractivity (Wildman–Crippen MR) is 60.7 cm³/mol. The molecule has 0 radical (unpaired) electrons. The van der Waals surface area contributed by atoms with E-state index in [2.05, 4.69) is 0 Å². The Morgan fingerprint density at radius 2 is 1.89 bits per heavy atom. The monoisotopic (exact) mass is 300 g/mol. The Hall–Kier alpha value is -0.830. The number of carbonyl (C=O) groups is 1. The number of amides is 1. The zero-order chi connectivity index (χ0) is 14.4.